The van der Waals surface area contributed by atoms with Gasteiger partial charge < -0.3 is 9.64 Å². The third-order valence-electron chi connectivity index (χ3n) is 2.20. The van der Waals surface area contributed by atoms with Crippen molar-refractivity contribution in [2.24, 2.45) is 5.41 Å². The van der Waals surface area contributed by atoms with E-state index in [1.165, 1.54) is 0 Å². The molecule has 0 saturated carbocycles. The summed E-state index contributed by atoms with van der Waals surface area (Å²) in [4.78, 5) is 13.3. The fourth-order valence-electron chi connectivity index (χ4n) is 1.04. The maximum atomic E-state index is 11.8. The van der Waals surface area contributed by atoms with Crippen molar-refractivity contribution >= 4 is 5.91 Å². The molecule has 0 aliphatic rings. The summed E-state index contributed by atoms with van der Waals surface area (Å²) in [5.74, 6) is -0.176. The molecule has 0 aromatic rings. The third kappa shape index (κ3) is 3.00. The number of methoxy groups -OCH3 is 1. The molecule has 0 aromatic heterocycles. The minimum atomic E-state index is -0.962. The molecule has 1 atom stereocenters. The summed E-state index contributed by atoms with van der Waals surface area (Å²) in [5.41, 5.74) is -0.962. The Morgan fingerprint density at radius 3 is 2.50 bits per heavy atom. The molecule has 4 nitrogen and oxygen atoms in total. The number of carbonyl (C=O) groups excluding carboxylic acids is 1. The lowest BCUT2D eigenvalue weighted by atomic mass is 9.93. The van der Waals surface area contributed by atoms with Crippen LogP contribution in [0, 0.1) is 16.7 Å². The molecule has 0 N–H and O–H groups in total. The zero-order valence-electron chi connectivity index (χ0n) is 9.50. The van der Waals surface area contributed by atoms with Crippen molar-refractivity contribution < 1.29 is 9.53 Å². The molecule has 0 aromatic carbocycles. The minimum absolute atomic E-state index is 0.0138. The maximum absolute atomic E-state index is 11.8. The Bertz CT molecular complexity index is 243. The molecule has 80 valence electrons. The van der Waals surface area contributed by atoms with Gasteiger partial charge in [-0.05, 0) is 20.8 Å². The molecule has 0 aliphatic carbocycles. The van der Waals surface area contributed by atoms with E-state index in [1.807, 2.05) is 13.0 Å². The van der Waals surface area contributed by atoms with Crippen LogP contribution in [-0.4, -0.2) is 37.6 Å². The van der Waals surface area contributed by atoms with Gasteiger partial charge in [0.05, 0.1) is 18.7 Å². The van der Waals surface area contributed by atoms with Crippen LogP contribution in [0.5, 0.6) is 0 Å². The molecule has 0 fully saturated rings. The third-order valence-corrected chi connectivity index (χ3v) is 2.20. The molecular formula is C10H18N2O2. The zero-order chi connectivity index (χ0) is 11.4. The molecule has 0 spiro atoms. The van der Waals surface area contributed by atoms with Gasteiger partial charge in [0.25, 0.3) is 0 Å². The van der Waals surface area contributed by atoms with Gasteiger partial charge in [-0.2, -0.15) is 5.26 Å². The average molecular weight is 198 g/mol. The first-order valence-corrected chi connectivity index (χ1v) is 4.54. The molecule has 1 amide bonds. The smallest absolute Gasteiger partial charge is 0.242 e. The van der Waals surface area contributed by atoms with Crippen molar-refractivity contribution in [2.45, 2.75) is 26.8 Å². The van der Waals surface area contributed by atoms with Crippen molar-refractivity contribution in [1.29, 1.82) is 5.26 Å². The summed E-state index contributed by atoms with van der Waals surface area (Å²) in [6.07, 6.45) is 0. The number of likely N-dealkylation sites (N-methyl/N-ethyl adjacent to an activating group) is 1. The van der Waals surface area contributed by atoms with Crippen LogP contribution < -0.4 is 0 Å². The predicted octanol–water partition coefficient (Wildman–Crippen LogP) is 1.03. The van der Waals surface area contributed by atoms with E-state index in [-0.39, 0.29) is 11.9 Å². The van der Waals surface area contributed by atoms with Crippen molar-refractivity contribution in [1.82, 2.24) is 4.90 Å². The van der Waals surface area contributed by atoms with E-state index in [0.29, 0.717) is 6.61 Å². The monoisotopic (exact) mass is 198 g/mol. The van der Waals surface area contributed by atoms with Gasteiger partial charge in [-0.15, -0.1) is 0 Å². The molecule has 0 radical (unpaired) electrons. The van der Waals surface area contributed by atoms with Gasteiger partial charge in [-0.1, -0.05) is 0 Å². The lowest BCUT2D eigenvalue weighted by Gasteiger charge is -2.29. The number of carbonyl (C=O) groups is 1. The molecule has 0 bridgehead atoms. The first-order valence-electron chi connectivity index (χ1n) is 4.54. The van der Waals surface area contributed by atoms with E-state index in [9.17, 15) is 4.79 Å². The minimum Gasteiger partial charge on any atom is -0.383 e. The first kappa shape index (κ1) is 12.9. The Kier molecular flexibility index (Phi) is 4.58. The van der Waals surface area contributed by atoms with Gasteiger partial charge in [0, 0.05) is 14.2 Å². The van der Waals surface area contributed by atoms with Gasteiger partial charge in [-0.3, -0.25) is 4.79 Å². The molecule has 0 rings (SSSR count). The molecule has 4 heteroatoms. The van der Waals surface area contributed by atoms with Crippen LogP contribution in [0.25, 0.3) is 0 Å². The van der Waals surface area contributed by atoms with E-state index in [0.717, 1.165) is 0 Å². The van der Waals surface area contributed by atoms with Crippen LogP contribution in [0.1, 0.15) is 20.8 Å². The molecule has 0 heterocycles. The number of ether oxygens (including phenoxy) is 1. The molecule has 1 unspecified atom stereocenters. The molecule has 14 heavy (non-hydrogen) atoms. The largest absolute Gasteiger partial charge is 0.383 e. The number of nitrogens with zero attached hydrogens (tertiary/aromatic N) is 2. The normalized spacial score (nSPS) is 13.1. The average Bonchev–Trinajstić information content (AvgIpc) is 2.15. The standard InChI is InChI=1S/C10H18N2O2/c1-8(6-14-5)12(4)9(13)10(2,3)7-11/h8H,6H2,1-5H3. The molecular weight excluding hydrogens is 180 g/mol. The van der Waals surface area contributed by atoms with E-state index in [4.69, 9.17) is 10.00 Å². The van der Waals surface area contributed by atoms with Gasteiger partial charge in [-0.25, -0.2) is 0 Å². The maximum Gasteiger partial charge on any atom is 0.242 e. The van der Waals surface area contributed by atoms with Crippen LogP contribution >= 0.6 is 0 Å². The lowest BCUT2D eigenvalue weighted by Crippen LogP contribution is -2.44. The van der Waals surface area contributed by atoms with Crippen molar-refractivity contribution in [2.75, 3.05) is 20.8 Å². The summed E-state index contributed by atoms with van der Waals surface area (Å²) < 4.78 is 4.94. The van der Waals surface area contributed by atoms with E-state index in [1.54, 1.807) is 32.9 Å². The molecule has 0 aliphatic heterocycles. The summed E-state index contributed by atoms with van der Waals surface area (Å²) in [7, 11) is 3.27. The van der Waals surface area contributed by atoms with Crippen LogP contribution in [-0.2, 0) is 9.53 Å². The SMILES string of the molecule is COCC(C)N(C)C(=O)C(C)(C)C#N. The predicted molar refractivity (Wildman–Crippen MR) is 53.5 cm³/mol. The number of amides is 1. The Labute approximate surface area is 85.5 Å². The van der Waals surface area contributed by atoms with E-state index in [2.05, 4.69) is 0 Å². The second-order valence-electron chi connectivity index (χ2n) is 3.96. The number of nitriles is 1. The number of hydrogen-bond acceptors (Lipinski definition) is 3. The Morgan fingerprint density at radius 2 is 2.14 bits per heavy atom. The highest BCUT2D eigenvalue weighted by molar-refractivity contribution is 5.84. The molecule has 0 saturated heterocycles. The highest BCUT2D eigenvalue weighted by atomic mass is 16.5. The zero-order valence-corrected chi connectivity index (χ0v) is 9.50. The van der Waals surface area contributed by atoms with Gasteiger partial charge in [0.2, 0.25) is 5.91 Å². The van der Waals surface area contributed by atoms with Gasteiger partial charge in [0.1, 0.15) is 5.41 Å². The van der Waals surface area contributed by atoms with E-state index >= 15 is 0 Å². The highest BCUT2D eigenvalue weighted by Crippen LogP contribution is 2.17. The quantitative estimate of drug-likeness (QED) is 0.678. The van der Waals surface area contributed by atoms with Gasteiger partial charge >= 0.3 is 0 Å². The van der Waals surface area contributed by atoms with Crippen molar-refractivity contribution in [3.63, 3.8) is 0 Å². The van der Waals surface area contributed by atoms with Crippen LogP contribution in [0.4, 0.5) is 0 Å². The first-order chi connectivity index (χ1) is 6.36. The Morgan fingerprint density at radius 1 is 1.64 bits per heavy atom. The van der Waals surface area contributed by atoms with Crippen LogP contribution in [0.15, 0.2) is 0 Å². The summed E-state index contributed by atoms with van der Waals surface area (Å²) in [6.45, 7) is 5.59. The number of hydrogen-bond donors (Lipinski definition) is 0. The fraction of sp³-hybridized carbons (Fsp3) is 0.800. The fourth-order valence-corrected chi connectivity index (χ4v) is 1.04. The van der Waals surface area contributed by atoms with Crippen LogP contribution in [0.2, 0.25) is 0 Å². The van der Waals surface area contributed by atoms with E-state index < -0.39 is 5.41 Å². The topological polar surface area (TPSA) is 53.3 Å². The lowest BCUT2D eigenvalue weighted by molar-refractivity contribution is -0.139. The van der Waals surface area contributed by atoms with Gasteiger partial charge in [0.15, 0.2) is 0 Å². The Balaban J connectivity index is 4.48. The second-order valence-corrected chi connectivity index (χ2v) is 3.96. The van der Waals surface area contributed by atoms with Crippen molar-refractivity contribution in [3.8, 4) is 6.07 Å². The van der Waals surface area contributed by atoms with Crippen molar-refractivity contribution in [3.05, 3.63) is 0 Å². The second kappa shape index (κ2) is 4.97. The Hall–Kier alpha value is -1.08. The highest BCUT2D eigenvalue weighted by Gasteiger charge is 2.32. The summed E-state index contributed by atoms with van der Waals surface area (Å²) in [5, 5.41) is 8.80. The summed E-state index contributed by atoms with van der Waals surface area (Å²) in [6, 6.07) is 1.97. The summed E-state index contributed by atoms with van der Waals surface area (Å²) >= 11 is 0. The van der Waals surface area contributed by atoms with Crippen LogP contribution in [0.3, 0.4) is 0 Å². The number of rotatable bonds is 4.